The van der Waals surface area contributed by atoms with Gasteiger partial charge in [-0.2, -0.15) is 0 Å². The lowest BCUT2D eigenvalue weighted by Crippen LogP contribution is -2.60. The molecule has 0 unspecified atom stereocenters. The number of carbonyl (C=O) groups excluding carboxylic acids is 1. The van der Waals surface area contributed by atoms with Gasteiger partial charge in [0, 0.05) is 25.0 Å². The first kappa shape index (κ1) is 18.4. The Morgan fingerprint density at radius 1 is 0.926 bits per heavy atom. The Bertz CT molecular complexity index is 516. The summed E-state index contributed by atoms with van der Waals surface area (Å²) in [5.41, 5.74) is 0. The number of likely N-dealkylation sites (tertiary alicyclic amines) is 2. The van der Waals surface area contributed by atoms with E-state index in [4.69, 9.17) is 4.74 Å². The van der Waals surface area contributed by atoms with Crippen molar-refractivity contribution in [3.8, 4) is 0 Å². The van der Waals surface area contributed by atoms with E-state index >= 15 is 0 Å². The monoisotopic (exact) mass is 374 g/mol. The van der Waals surface area contributed by atoms with Crippen LogP contribution in [0, 0.1) is 29.6 Å². The first-order chi connectivity index (χ1) is 13.2. The number of rotatable bonds is 5. The maximum Gasteiger partial charge on any atom is 0.305 e. The normalized spacial score (nSPS) is 44.7. The Hall–Kier alpha value is -0.610. The summed E-state index contributed by atoms with van der Waals surface area (Å²) >= 11 is 0. The first-order valence-corrected chi connectivity index (χ1v) is 11.8. The minimum absolute atomic E-state index is 0.0260. The van der Waals surface area contributed by atoms with Crippen LogP contribution < -0.4 is 0 Å². The molecule has 0 amide bonds. The predicted molar refractivity (Wildman–Crippen MR) is 106 cm³/mol. The van der Waals surface area contributed by atoms with Crippen molar-refractivity contribution in [1.82, 2.24) is 9.80 Å². The van der Waals surface area contributed by atoms with Gasteiger partial charge in [-0.05, 0) is 107 Å². The molecule has 2 aliphatic heterocycles. The molecule has 6 rings (SSSR count). The van der Waals surface area contributed by atoms with Crippen LogP contribution in [0.15, 0.2) is 0 Å². The fourth-order valence-corrected chi connectivity index (χ4v) is 8.05. The number of nitrogens with zero attached hydrogens (tertiary/aromatic N) is 2. The van der Waals surface area contributed by atoms with Crippen molar-refractivity contribution in [3.05, 3.63) is 0 Å². The Labute approximate surface area is 165 Å². The van der Waals surface area contributed by atoms with Gasteiger partial charge < -0.3 is 9.64 Å². The van der Waals surface area contributed by atoms with Gasteiger partial charge in [-0.3, -0.25) is 9.69 Å². The minimum Gasteiger partial charge on any atom is -0.469 e. The zero-order valence-electron chi connectivity index (χ0n) is 17.2. The highest BCUT2D eigenvalue weighted by atomic mass is 16.5. The quantitative estimate of drug-likeness (QED) is 0.689. The molecule has 0 aromatic rings. The van der Waals surface area contributed by atoms with Crippen LogP contribution in [0.1, 0.15) is 64.2 Å². The maximum absolute atomic E-state index is 11.8. The van der Waals surface area contributed by atoms with Gasteiger partial charge in [0.1, 0.15) is 0 Å². The molecular formula is C23H38N2O2. The van der Waals surface area contributed by atoms with E-state index in [1.165, 1.54) is 78.2 Å². The van der Waals surface area contributed by atoms with E-state index in [0.717, 1.165) is 36.1 Å². The maximum atomic E-state index is 11.8. The van der Waals surface area contributed by atoms with Crippen LogP contribution in [0.3, 0.4) is 0 Å². The number of carbonyl (C=O) groups is 1. The number of esters is 1. The highest BCUT2D eigenvalue weighted by Gasteiger charge is 2.51. The Balaban J connectivity index is 1.28. The summed E-state index contributed by atoms with van der Waals surface area (Å²) in [4.78, 5) is 17.5. The molecule has 0 radical (unpaired) electrons. The lowest BCUT2D eigenvalue weighted by atomic mass is 9.53. The molecule has 2 atom stereocenters. The number of piperidine rings is 1. The second-order valence-electron chi connectivity index (χ2n) is 10.4. The standard InChI is InChI=1S/C23H38N2O2/c1-27-22(26)5-4-18-15-25(9-6-21(18)24-7-2-3-8-24)23-19-11-16-10-17(13-19)14-20(23)12-16/h16-21,23H,2-15H2,1H3/t16?,17?,18-,19?,20?,21+,23?/m1/s1. The average molecular weight is 375 g/mol. The molecule has 0 aromatic heterocycles. The van der Waals surface area contributed by atoms with Crippen molar-refractivity contribution in [1.29, 1.82) is 0 Å². The summed E-state index contributed by atoms with van der Waals surface area (Å²) in [6.45, 7) is 5.07. The average Bonchev–Trinajstić information content (AvgIpc) is 3.20. The lowest BCUT2D eigenvalue weighted by Gasteiger charge is -2.59. The zero-order valence-corrected chi connectivity index (χ0v) is 17.2. The molecule has 6 aliphatic rings. The molecule has 27 heavy (non-hydrogen) atoms. The molecule has 4 saturated carbocycles. The Kier molecular flexibility index (Phi) is 5.23. The van der Waals surface area contributed by atoms with Crippen LogP contribution in [0.4, 0.5) is 0 Å². The molecule has 6 fully saturated rings. The third kappa shape index (κ3) is 3.57. The van der Waals surface area contributed by atoms with E-state index in [9.17, 15) is 4.79 Å². The molecule has 2 saturated heterocycles. The van der Waals surface area contributed by atoms with Gasteiger partial charge in [0.25, 0.3) is 0 Å². The van der Waals surface area contributed by atoms with Gasteiger partial charge in [0.05, 0.1) is 7.11 Å². The van der Waals surface area contributed by atoms with Crippen LogP contribution in [-0.2, 0) is 9.53 Å². The van der Waals surface area contributed by atoms with Crippen molar-refractivity contribution in [2.75, 3.05) is 33.3 Å². The number of hydrogen-bond donors (Lipinski definition) is 0. The van der Waals surface area contributed by atoms with Gasteiger partial charge in [0.15, 0.2) is 0 Å². The summed E-state index contributed by atoms with van der Waals surface area (Å²) in [6, 6.07) is 1.56. The molecule has 4 heteroatoms. The van der Waals surface area contributed by atoms with Crippen molar-refractivity contribution in [2.45, 2.75) is 76.3 Å². The third-order valence-electron chi connectivity index (χ3n) is 8.88. The SMILES string of the molecule is COC(=O)CC[C@@H]1CN(C2C3CC4CC(C3)CC2C4)CC[C@@H]1N1CCCC1. The molecule has 2 heterocycles. The second kappa shape index (κ2) is 7.67. The minimum atomic E-state index is -0.0260. The van der Waals surface area contributed by atoms with Crippen molar-refractivity contribution in [3.63, 3.8) is 0 Å². The molecule has 0 spiro atoms. The summed E-state index contributed by atoms with van der Waals surface area (Å²) in [5, 5.41) is 0. The highest BCUT2D eigenvalue weighted by molar-refractivity contribution is 5.69. The molecule has 4 nitrogen and oxygen atoms in total. The summed E-state index contributed by atoms with van der Waals surface area (Å²) in [7, 11) is 1.53. The number of methoxy groups -OCH3 is 1. The van der Waals surface area contributed by atoms with Crippen molar-refractivity contribution < 1.29 is 9.53 Å². The molecule has 4 bridgehead atoms. The molecule has 4 aliphatic carbocycles. The van der Waals surface area contributed by atoms with E-state index in [2.05, 4.69) is 9.80 Å². The third-order valence-corrected chi connectivity index (χ3v) is 8.88. The Morgan fingerprint density at radius 3 is 2.22 bits per heavy atom. The molecule has 0 aromatic carbocycles. The summed E-state index contributed by atoms with van der Waals surface area (Å²) in [5.74, 6) is 4.69. The van der Waals surface area contributed by atoms with E-state index in [1.54, 1.807) is 6.42 Å². The van der Waals surface area contributed by atoms with Crippen LogP contribution in [0.2, 0.25) is 0 Å². The zero-order chi connectivity index (χ0) is 18.4. The summed E-state index contributed by atoms with van der Waals surface area (Å²) in [6.07, 6.45) is 13.2. The van der Waals surface area contributed by atoms with Gasteiger partial charge in [-0.1, -0.05) is 0 Å². The Morgan fingerprint density at radius 2 is 1.59 bits per heavy atom. The largest absolute Gasteiger partial charge is 0.469 e. The van der Waals surface area contributed by atoms with Gasteiger partial charge in [0.2, 0.25) is 0 Å². The molecular weight excluding hydrogens is 336 g/mol. The van der Waals surface area contributed by atoms with Crippen LogP contribution in [-0.4, -0.2) is 61.1 Å². The lowest BCUT2D eigenvalue weighted by molar-refractivity contribution is -0.141. The van der Waals surface area contributed by atoms with Crippen LogP contribution in [0.5, 0.6) is 0 Å². The second-order valence-corrected chi connectivity index (χ2v) is 10.4. The highest BCUT2D eigenvalue weighted by Crippen LogP contribution is 2.55. The van der Waals surface area contributed by atoms with E-state index in [1.807, 2.05) is 0 Å². The molecule has 152 valence electrons. The van der Waals surface area contributed by atoms with Gasteiger partial charge in [-0.25, -0.2) is 0 Å². The fraction of sp³-hybridized carbons (Fsp3) is 0.957. The van der Waals surface area contributed by atoms with Gasteiger partial charge >= 0.3 is 5.97 Å². The van der Waals surface area contributed by atoms with E-state index < -0.39 is 0 Å². The van der Waals surface area contributed by atoms with E-state index in [-0.39, 0.29) is 5.97 Å². The topological polar surface area (TPSA) is 32.8 Å². The fourth-order valence-electron chi connectivity index (χ4n) is 8.05. The molecule has 0 N–H and O–H groups in total. The number of ether oxygens (including phenoxy) is 1. The van der Waals surface area contributed by atoms with Crippen LogP contribution >= 0.6 is 0 Å². The smallest absolute Gasteiger partial charge is 0.305 e. The summed E-state index contributed by atoms with van der Waals surface area (Å²) < 4.78 is 4.96. The van der Waals surface area contributed by atoms with Crippen molar-refractivity contribution in [2.24, 2.45) is 29.6 Å². The van der Waals surface area contributed by atoms with Crippen LogP contribution in [0.25, 0.3) is 0 Å². The van der Waals surface area contributed by atoms with E-state index in [0.29, 0.717) is 18.4 Å². The number of hydrogen-bond acceptors (Lipinski definition) is 4. The van der Waals surface area contributed by atoms with Gasteiger partial charge in [-0.15, -0.1) is 0 Å². The van der Waals surface area contributed by atoms with Crippen molar-refractivity contribution >= 4 is 5.97 Å². The first-order valence-electron chi connectivity index (χ1n) is 11.8. The predicted octanol–water partition coefficient (Wildman–Crippen LogP) is 3.55.